The summed E-state index contributed by atoms with van der Waals surface area (Å²) >= 11 is 3.39. The number of rotatable bonds is 12. The molecule has 7 nitrogen and oxygen atoms in total. The number of aryl methyl sites for hydroxylation is 1. The fourth-order valence-electron chi connectivity index (χ4n) is 4.09. The van der Waals surface area contributed by atoms with Crippen LogP contribution in [0.2, 0.25) is 0 Å². The third kappa shape index (κ3) is 8.16. The lowest BCUT2D eigenvalue weighted by Crippen LogP contribution is -2.52. The van der Waals surface area contributed by atoms with Crippen LogP contribution in [0, 0.1) is 12.8 Å². The van der Waals surface area contributed by atoms with Crippen molar-refractivity contribution in [2.75, 3.05) is 17.4 Å². The van der Waals surface area contributed by atoms with Crippen LogP contribution in [0.25, 0.3) is 0 Å². The Labute approximate surface area is 240 Å². The van der Waals surface area contributed by atoms with E-state index in [2.05, 4.69) is 21.2 Å². The zero-order valence-electron chi connectivity index (χ0n) is 22.8. The summed E-state index contributed by atoms with van der Waals surface area (Å²) in [7, 11) is -4.08. The van der Waals surface area contributed by atoms with Gasteiger partial charge in [0.1, 0.15) is 12.6 Å². The first-order valence-electron chi connectivity index (χ1n) is 13.0. The zero-order chi connectivity index (χ0) is 28.6. The molecule has 0 saturated carbocycles. The fraction of sp³-hybridized carbons (Fsp3) is 0.333. The van der Waals surface area contributed by atoms with E-state index in [-0.39, 0.29) is 23.3 Å². The number of halogens is 1. The number of benzene rings is 3. The van der Waals surface area contributed by atoms with Crippen LogP contribution >= 0.6 is 15.9 Å². The van der Waals surface area contributed by atoms with Crippen LogP contribution in [0.3, 0.4) is 0 Å². The molecular formula is C30H36BrN3O4S. The average molecular weight is 615 g/mol. The Morgan fingerprint density at radius 3 is 2.10 bits per heavy atom. The normalized spacial score (nSPS) is 12.2. The molecule has 0 bridgehead atoms. The molecule has 3 rings (SSSR count). The highest BCUT2D eigenvalue weighted by molar-refractivity contribution is 9.10. The molecule has 0 saturated heterocycles. The van der Waals surface area contributed by atoms with Gasteiger partial charge in [-0.25, -0.2) is 8.42 Å². The van der Waals surface area contributed by atoms with Gasteiger partial charge in [0.15, 0.2) is 0 Å². The predicted octanol–water partition coefficient (Wildman–Crippen LogP) is 5.53. The summed E-state index contributed by atoms with van der Waals surface area (Å²) in [5, 5.41) is 2.94. The maximum Gasteiger partial charge on any atom is 0.264 e. The molecule has 0 aliphatic heterocycles. The maximum absolute atomic E-state index is 14.0. The van der Waals surface area contributed by atoms with Crippen molar-refractivity contribution >= 4 is 43.5 Å². The van der Waals surface area contributed by atoms with Crippen LogP contribution in [0.15, 0.2) is 88.2 Å². The Morgan fingerprint density at radius 1 is 0.923 bits per heavy atom. The minimum Gasteiger partial charge on any atom is -0.354 e. The van der Waals surface area contributed by atoms with Crippen LogP contribution in [0.4, 0.5) is 5.69 Å². The molecule has 0 unspecified atom stereocenters. The van der Waals surface area contributed by atoms with Gasteiger partial charge in [-0.1, -0.05) is 84.7 Å². The van der Waals surface area contributed by atoms with E-state index in [0.717, 1.165) is 19.9 Å². The first-order valence-corrected chi connectivity index (χ1v) is 15.2. The molecule has 3 aromatic rings. The van der Waals surface area contributed by atoms with Gasteiger partial charge in [-0.2, -0.15) is 0 Å². The van der Waals surface area contributed by atoms with Gasteiger partial charge in [-0.3, -0.25) is 13.9 Å². The van der Waals surface area contributed by atoms with E-state index < -0.39 is 28.5 Å². The van der Waals surface area contributed by atoms with E-state index in [1.165, 1.54) is 17.0 Å². The number of sulfonamides is 1. The highest BCUT2D eigenvalue weighted by Crippen LogP contribution is 2.26. The summed E-state index contributed by atoms with van der Waals surface area (Å²) in [6, 6.07) is 21.8. The summed E-state index contributed by atoms with van der Waals surface area (Å²) in [4.78, 5) is 28.8. The lowest BCUT2D eigenvalue weighted by molar-refractivity contribution is -0.140. The van der Waals surface area contributed by atoms with Crippen LogP contribution < -0.4 is 9.62 Å². The minimum absolute atomic E-state index is 0.0764. The molecule has 9 heteroatoms. The highest BCUT2D eigenvalue weighted by Gasteiger charge is 2.33. The van der Waals surface area contributed by atoms with Gasteiger partial charge in [0.05, 0.1) is 10.6 Å². The quantitative estimate of drug-likeness (QED) is 0.291. The molecule has 1 atom stereocenters. The first-order chi connectivity index (χ1) is 18.5. The van der Waals surface area contributed by atoms with Crippen LogP contribution in [-0.4, -0.2) is 44.3 Å². The van der Waals surface area contributed by atoms with Crippen molar-refractivity contribution in [2.24, 2.45) is 5.92 Å². The topological polar surface area (TPSA) is 86.8 Å². The second kappa shape index (κ2) is 13.8. The number of hydrogen-bond donors (Lipinski definition) is 1. The lowest BCUT2D eigenvalue weighted by atomic mass is 10.1. The van der Waals surface area contributed by atoms with E-state index in [4.69, 9.17) is 0 Å². The molecule has 2 amide bonds. The SMILES string of the molecule is CC[C@@H](C(=O)NCC(C)C)N(Cc1ccc(C)cc1)C(=O)CN(c1ccc(Br)cc1)S(=O)(=O)c1ccccc1. The summed E-state index contributed by atoms with van der Waals surface area (Å²) in [5.41, 5.74) is 2.28. The Hall–Kier alpha value is -3.17. The molecule has 1 N–H and O–H groups in total. The molecule has 3 aromatic carbocycles. The van der Waals surface area contributed by atoms with Crippen LogP contribution in [0.1, 0.15) is 38.3 Å². The number of nitrogens with one attached hydrogen (secondary N) is 1. The van der Waals surface area contributed by atoms with Crippen molar-refractivity contribution < 1.29 is 18.0 Å². The lowest BCUT2D eigenvalue weighted by Gasteiger charge is -2.33. The van der Waals surface area contributed by atoms with Gasteiger partial charge in [-0.15, -0.1) is 0 Å². The van der Waals surface area contributed by atoms with Crippen molar-refractivity contribution in [1.29, 1.82) is 0 Å². The Kier molecular flexibility index (Phi) is 10.7. The molecule has 0 heterocycles. The van der Waals surface area contributed by atoms with Crippen molar-refractivity contribution in [3.63, 3.8) is 0 Å². The number of carbonyl (C=O) groups is 2. The summed E-state index contributed by atoms with van der Waals surface area (Å²) < 4.78 is 29.5. The predicted molar refractivity (Wildman–Crippen MR) is 159 cm³/mol. The zero-order valence-corrected chi connectivity index (χ0v) is 25.2. The Bertz CT molecular complexity index is 1350. The maximum atomic E-state index is 14.0. The standard InChI is InChI=1S/C30H36BrN3O4S/c1-5-28(30(36)32-19-22(2)3)33(20-24-13-11-23(4)12-14-24)29(35)21-34(26-17-15-25(31)16-18-26)39(37,38)27-9-7-6-8-10-27/h6-18,22,28H,5,19-21H2,1-4H3,(H,32,36)/t28-/m0/s1. The van der Waals surface area contributed by atoms with Gasteiger partial charge in [0.2, 0.25) is 11.8 Å². The minimum atomic E-state index is -4.08. The third-order valence-corrected chi connectivity index (χ3v) is 8.59. The van der Waals surface area contributed by atoms with Crippen LogP contribution in [-0.2, 0) is 26.2 Å². The molecule has 0 spiro atoms. The Balaban J connectivity index is 2.02. The van der Waals surface area contributed by atoms with Crippen molar-refractivity contribution in [2.45, 2.75) is 51.6 Å². The first kappa shape index (κ1) is 30.4. The second-order valence-corrected chi connectivity index (χ2v) is 12.6. The fourth-order valence-corrected chi connectivity index (χ4v) is 5.79. The van der Waals surface area contributed by atoms with E-state index in [1.807, 2.05) is 52.0 Å². The molecule has 208 valence electrons. The van der Waals surface area contributed by atoms with Gasteiger partial charge in [-0.05, 0) is 61.2 Å². The molecule has 0 aromatic heterocycles. The van der Waals surface area contributed by atoms with Crippen LogP contribution in [0.5, 0.6) is 0 Å². The number of anilines is 1. The highest BCUT2D eigenvalue weighted by atomic mass is 79.9. The molecule has 39 heavy (non-hydrogen) atoms. The third-order valence-electron chi connectivity index (χ3n) is 6.27. The van der Waals surface area contributed by atoms with E-state index in [1.54, 1.807) is 42.5 Å². The number of hydrogen-bond acceptors (Lipinski definition) is 4. The molecule has 0 aliphatic carbocycles. The largest absolute Gasteiger partial charge is 0.354 e. The number of carbonyl (C=O) groups excluding carboxylic acids is 2. The summed E-state index contributed by atoms with van der Waals surface area (Å²) in [6.07, 6.45) is 0.380. The molecule has 0 fully saturated rings. The van der Waals surface area contributed by atoms with Crippen molar-refractivity contribution in [3.05, 3.63) is 94.5 Å². The molecule has 0 aliphatic rings. The van der Waals surface area contributed by atoms with Gasteiger partial charge in [0.25, 0.3) is 10.0 Å². The van der Waals surface area contributed by atoms with Gasteiger partial charge < -0.3 is 10.2 Å². The smallest absolute Gasteiger partial charge is 0.264 e. The van der Waals surface area contributed by atoms with Gasteiger partial charge in [0, 0.05) is 17.6 Å². The number of amides is 2. The summed E-state index contributed by atoms with van der Waals surface area (Å²) in [6.45, 7) is 8.02. The van der Waals surface area contributed by atoms with E-state index in [0.29, 0.717) is 18.7 Å². The van der Waals surface area contributed by atoms with Crippen molar-refractivity contribution in [3.8, 4) is 0 Å². The van der Waals surface area contributed by atoms with Crippen molar-refractivity contribution in [1.82, 2.24) is 10.2 Å². The monoisotopic (exact) mass is 613 g/mol. The average Bonchev–Trinajstić information content (AvgIpc) is 2.92. The second-order valence-electron chi connectivity index (χ2n) is 9.87. The Morgan fingerprint density at radius 2 is 1.54 bits per heavy atom. The van der Waals surface area contributed by atoms with E-state index >= 15 is 0 Å². The van der Waals surface area contributed by atoms with E-state index in [9.17, 15) is 18.0 Å². The van der Waals surface area contributed by atoms with Gasteiger partial charge >= 0.3 is 0 Å². The summed E-state index contributed by atoms with van der Waals surface area (Å²) in [5.74, 6) is -0.478. The molecule has 0 radical (unpaired) electrons. The molecular weight excluding hydrogens is 578 g/mol. The number of nitrogens with zero attached hydrogens (tertiary/aromatic N) is 2.